The Morgan fingerprint density at radius 3 is 2.47 bits per heavy atom. The predicted molar refractivity (Wildman–Crippen MR) is 81.0 cm³/mol. The standard InChI is InChI=1S/C15H22N2OS/c1-18-15-4-2-13(3-5-15)10-16-11-14(12-16)17-6-8-19-9-7-17/h2-5,14H,6-12H2,1H3. The molecule has 0 amide bonds. The lowest BCUT2D eigenvalue weighted by Crippen LogP contribution is -2.60. The van der Waals surface area contributed by atoms with Gasteiger partial charge in [-0.1, -0.05) is 12.1 Å². The van der Waals surface area contributed by atoms with Crippen LogP contribution in [0.15, 0.2) is 24.3 Å². The maximum Gasteiger partial charge on any atom is 0.118 e. The maximum absolute atomic E-state index is 5.19. The van der Waals surface area contributed by atoms with Crippen LogP contribution in [0.4, 0.5) is 0 Å². The summed E-state index contributed by atoms with van der Waals surface area (Å²) < 4.78 is 5.19. The largest absolute Gasteiger partial charge is 0.497 e. The average molecular weight is 278 g/mol. The summed E-state index contributed by atoms with van der Waals surface area (Å²) in [6.07, 6.45) is 0. The molecule has 0 bridgehead atoms. The zero-order valence-electron chi connectivity index (χ0n) is 11.5. The number of thioether (sulfide) groups is 1. The Labute approximate surface area is 119 Å². The van der Waals surface area contributed by atoms with Crippen molar-refractivity contribution in [2.24, 2.45) is 0 Å². The second-order valence-corrected chi connectivity index (χ2v) is 6.57. The Hall–Kier alpha value is -0.710. The molecule has 0 radical (unpaired) electrons. The second kappa shape index (κ2) is 6.16. The summed E-state index contributed by atoms with van der Waals surface area (Å²) in [5.74, 6) is 3.57. The molecule has 0 spiro atoms. The van der Waals surface area contributed by atoms with Crippen LogP contribution < -0.4 is 4.74 Å². The van der Waals surface area contributed by atoms with Crippen LogP contribution >= 0.6 is 11.8 Å². The Morgan fingerprint density at radius 1 is 1.16 bits per heavy atom. The number of rotatable bonds is 4. The van der Waals surface area contributed by atoms with E-state index in [1.54, 1.807) is 7.11 Å². The lowest BCUT2D eigenvalue weighted by atomic mass is 10.1. The molecule has 2 saturated heterocycles. The molecule has 0 atom stereocenters. The van der Waals surface area contributed by atoms with Crippen molar-refractivity contribution < 1.29 is 4.74 Å². The van der Waals surface area contributed by atoms with Crippen LogP contribution in [-0.2, 0) is 6.54 Å². The molecular formula is C15H22N2OS. The van der Waals surface area contributed by atoms with E-state index >= 15 is 0 Å². The van der Waals surface area contributed by atoms with Crippen LogP contribution in [0, 0.1) is 0 Å². The molecule has 2 heterocycles. The molecule has 4 heteroatoms. The van der Waals surface area contributed by atoms with Gasteiger partial charge in [0.05, 0.1) is 7.11 Å². The summed E-state index contributed by atoms with van der Waals surface area (Å²) in [5, 5.41) is 0. The number of likely N-dealkylation sites (tertiary alicyclic amines) is 1. The third-order valence-corrected chi connectivity index (χ3v) is 5.01. The minimum atomic E-state index is 0.805. The second-order valence-electron chi connectivity index (χ2n) is 5.34. The van der Waals surface area contributed by atoms with Crippen molar-refractivity contribution in [3.63, 3.8) is 0 Å². The minimum Gasteiger partial charge on any atom is -0.497 e. The van der Waals surface area contributed by atoms with E-state index in [1.807, 2.05) is 0 Å². The lowest BCUT2D eigenvalue weighted by molar-refractivity contribution is 0.0343. The molecule has 0 aromatic heterocycles. The molecule has 2 aliphatic rings. The maximum atomic E-state index is 5.19. The predicted octanol–water partition coefficient (Wildman–Crippen LogP) is 1.93. The van der Waals surface area contributed by atoms with E-state index in [2.05, 4.69) is 45.8 Å². The Morgan fingerprint density at radius 2 is 1.84 bits per heavy atom. The Kier molecular flexibility index (Phi) is 4.31. The van der Waals surface area contributed by atoms with Crippen molar-refractivity contribution in [2.75, 3.05) is 44.8 Å². The van der Waals surface area contributed by atoms with Gasteiger partial charge in [-0.3, -0.25) is 9.80 Å². The fourth-order valence-electron chi connectivity index (χ4n) is 2.83. The molecule has 0 unspecified atom stereocenters. The topological polar surface area (TPSA) is 15.7 Å². The van der Waals surface area contributed by atoms with Gasteiger partial charge in [0, 0.05) is 50.3 Å². The normalized spacial score (nSPS) is 22.2. The van der Waals surface area contributed by atoms with Crippen LogP contribution in [-0.4, -0.2) is 60.6 Å². The smallest absolute Gasteiger partial charge is 0.118 e. The van der Waals surface area contributed by atoms with Crippen LogP contribution in [0.1, 0.15) is 5.56 Å². The van der Waals surface area contributed by atoms with E-state index in [1.165, 1.54) is 43.2 Å². The van der Waals surface area contributed by atoms with Gasteiger partial charge in [-0.2, -0.15) is 11.8 Å². The zero-order chi connectivity index (χ0) is 13.1. The minimum absolute atomic E-state index is 0.805. The summed E-state index contributed by atoms with van der Waals surface area (Å²) in [7, 11) is 1.71. The van der Waals surface area contributed by atoms with Crippen LogP contribution in [0.3, 0.4) is 0 Å². The first-order valence-electron chi connectivity index (χ1n) is 7.02. The molecule has 1 aromatic carbocycles. The number of benzene rings is 1. The van der Waals surface area contributed by atoms with Gasteiger partial charge < -0.3 is 4.74 Å². The van der Waals surface area contributed by atoms with Crippen LogP contribution in [0.5, 0.6) is 5.75 Å². The average Bonchev–Trinajstić information content (AvgIpc) is 2.44. The van der Waals surface area contributed by atoms with Gasteiger partial charge in [-0.05, 0) is 17.7 Å². The first kappa shape index (κ1) is 13.3. The first-order chi connectivity index (χ1) is 9.35. The van der Waals surface area contributed by atoms with Crippen molar-refractivity contribution in [3.8, 4) is 5.75 Å². The van der Waals surface area contributed by atoms with Crippen molar-refractivity contribution in [2.45, 2.75) is 12.6 Å². The highest BCUT2D eigenvalue weighted by Crippen LogP contribution is 2.22. The van der Waals surface area contributed by atoms with Gasteiger partial charge in [0.1, 0.15) is 5.75 Å². The van der Waals surface area contributed by atoms with Crippen molar-refractivity contribution >= 4 is 11.8 Å². The van der Waals surface area contributed by atoms with Crippen LogP contribution in [0.25, 0.3) is 0 Å². The van der Waals surface area contributed by atoms with Gasteiger partial charge in [0.2, 0.25) is 0 Å². The molecule has 0 N–H and O–H groups in total. The number of nitrogens with zero attached hydrogens (tertiary/aromatic N) is 2. The third kappa shape index (κ3) is 3.25. The number of hydrogen-bond acceptors (Lipinski definition) is 4. The third-order valence-electron chi connectivity index (χ3n) is 4.07. The highest BCUT2D eigenvalue weighted by atomic mass is 32.2. The van der Waals surface area contributed by atoms with Crippen LogP contribution in [0.2, 0.25) is 0 Å². The van der Waals surface area contributed by atoms with E-state index in [-0.39, 0.29) is 0 Å². The van der Waals surface area contributed by atoms with Gasteiger partial charge in [0.25, 0.3) is 0 Å². The van der Waals surface area contributed by atoms with E-state index in [0.29, 0.717) is 0 Å². The van der Waals surface area contributed by atoms with Crippen molar-refractivity contribution in [3.05, 3.63) is 29.8 Å². The van der Waals surface area contributed by atoms with E-state index < -0.39 is 0 Å². The molecular weight excluding hydrogens is 256 g/mol. The highest BCUT2D eigenvalue weighted by Gasteiger charge is 2.32. The lowest BCUT2D eigenvalue weighted by Gasteiger charge is -2.46. The quantitative estimate of drug-likeness (QED) is 0.836. The van der Waals surface area contributed by atoms with Crippen molar-refractivity contribution in [1.29, 1.82) is 0 Å². The SMILES string of the molecule is COc1ccc(CN2CC(N3CCSCC3)C2)cc1. The Balaban J connectivity index is 1.45. The highest BCUT2D eigenvalue weighted by molar-refractivity contribution is 7.99. The van der Waals surface area contributed by atoms with E-state index in [0.717, 1.165) is 18.3 Å². The number of ether oxygens (including phenoxy) is 1. The van der Waals surface area contributed by atoms with E-state index in [4.69, 9.17) is 4.74 Å². The summed E-state index contributed by atoms with van der Waals surface area (Å²) in [6.45, 7) is 6.11. The fourth-order valence-corrected chi connectivity index (χ4v) is 3.77. The molecule has 3 rings (SSSR count). The molecule has 2 fully saturated rings. The summed E-state index contributed by atoms with van der Waals surface area (Å²) in [4.78, 5) is 5.20. The zero-order valence-corrected chi connectivity index (χ0v) is 12.4. The molecule has 0 aliphatic carbocycles. The molecule has 3 nitrogen and oxygen atoms in total. The Bertz CT molecular complexity index is 397. The fraction of sp³-hybridized carbons (Fsp3) is 0.600. The van der Waals surface area contributed by atoms with Gasteiger partial charge in [-0.15, -0.1) is 0 Å². The monoisotopic (exact) mass is 278 g/mol. The molecule has 19 heavy (non-hydrogen) atoms. The molecule has 2 aliphatic heterocycles. The number of methoxy groups -OCH3 is 1. The molecule has 104 valence electrons. The summed E-state index contributed by atoms with van der Waals surface area (Å²) in [5.41, 5.74) is 1.38. The number of hydrogen-bond donors (Lipinski definition) is 0. The van der Waals surface area contributed by atoms with Gasteiger partial charge in [-0.25, -0.2) is 0 Å². The van der Waals surface area contributed by atoms with Crippen molar-refractivity contribution in [1.82, 2.24) is 9.80 Å². The first-order valence-corrected chi connectivity index (χ1v) is 8.18. The van der Waals surface area contributed by atoms with Gasteiger partial charge >= 0.3 is 0 Å². The molecule has 1 aromatic rings. The summed E-state index contributed by atoms with van der Waals surface area (Å²) in [6, 6.07) is 9.25. The summed E-state index contributed by atoms with van der Waals surface area (Å²) >= 11 is 2.09. The van der Waals surface area contributed by atoms with Gasteiger partial charge in [0.15, 0.2) is 0 Å². The molecule has 0 saturated carbocycles. The van der Waals surface area contributed by atoms with E-state index in [9.17, 15) is 0 Å².